The fraction of sp³-hybridized carbons (Fsp3) is 0.273. The largest absolute Gasteiger partial charge is 0.484 e. The van der Waals surface area contributed by atoms with E-state index in [1.54, 1.807) is 24.3 Å². The number of carbonyl (C=O) groups is 2. The minimum absolute atomic E-state index is 0.187. The van der Waals surface area contributed by atoms with Crippen LogP contribution in [0, 0.1) is 0 Å². The van der Waals surface area contributed by atoms with Crippen LogP contribution in [0.2, 0.25) is 0 Å². The van der Waals surface area contributed by atoms with Gasteiger partial charge in [0.15, 0.2) is 6.61 Å². The van der Waals surface area contributed by atoms with E-state index >= 15 is 0 Å². The number of rotatable bonds is 5. The minimum Gasteiger partial charge on any atom is -0.484 e. The van der Waals surface area contributed by atoms with Gasteiger partial charge in [0, 0.05) is 0 Å². The summed E-state index contributed by atoms with van der Waals surface area (Å²) in [6, 6.07) is 8.03. The van der Waals surface area contributed by atoms with Crippen LogP contribution in [0.1, 0.15) is 6.92 Å². The van der Waals surface area contributed by atoms with Crippen LogP contribution in [0.4, 0.5) is 0 Å². The fourth-order valence-electron chi connectivity index (χ4n) is 1.11. The second-order valence-electron chi connectivity index (χ2n) is 3.37. The molecule has 1 rings (SSSR count). The maximum atomic E-state index is 11.3. The Bertz CT molecular complexity index is 380. The van der Waals surface area contributed by atoms with Gasteiger partial charge in [-0.15, -0.1) is 0 Å². The molecule has 6 heteroatoms. The Labute approximate surface area is 98.5 Å². The van der Waals surface area contributed by atoms with Crippen LogP contribution in [-0.4, -0.2) is 29.7 Å². The maximum Gasteiger partial charge on any atom is 0.265 e. The van der Waals surface area contributed by atoms with Gasteiger partial charge in [0.25, 0.3) is 11.8 Å². The molecule has 0 saturated carbocycles. The first-order chi connectivity index (χ1) is 8.13. The summed E-state index contributed by atoms with van der Waals surface area (Å²) in [5.74, 6) is -0.551. The molecule has 0 aliphatic heterocycles. The van der Waals surface area contributed by atoms with Crippen LogP contribution in [-0.2, 0) is 9.59 Å². The lowest BCUT2D eigenvalue weighted by Gasteiger charge is -2.12. The van der Waals surface area contributed by atoms with Crippen molar-refractivity contribution in [3.63, 3.8) is 0 Å². The highest BCUT2D eigenvalue weighted by Crippen LogP contribution is 2.07. The molecule has 0 bridgehead atoms. The molecule has 0 unspecified atom stereocenters. The van der Waals surface area contributed by atoms with Gasteiger partial charge < -0.3 is 10.1 Å². The lowest BCUT2D eigenvalue weighted by Crippen LogP contribution is -2.45. The topological polar surface area (TPSA) is 87.7 Å². The number of hydroxylamine groups is 1. The Hall–Kier alpha value is -2.08. The zero-order valence-electron chi connectivity index (χ0n) is 9.34. The highest BCUT2D eigenvalue weighted by atomic mass is 16.5. The standard InChI is InChI=1S/C11H14N2O4/c1-8(11(15)13-16)12-10(14)7-17-9-5-3-2-4-6-9/h2-6,8,16H,7H2,1H3,(H,12,14)(H,13,15)/t8-/m0/s1. The number of benzene rings is 1. The highest BCUT2D eigenvalue weighted by Gasteiger charge is 2.14. The molecule has 0 radical (unpaired) electrons. The predicted octanol–water partition coefficient (Wildman–Crippen LogP) is 0.0755. The van der Waals surface area contributed by atoms with E-state index < -0.39 is 17.9 Å². The fourth-order valence-corrected chi connectivity index (χ4v) is 1.11. The van der Waals surface area contributed by atoms with E-state index in [-0.39, 0.29) is 6.61 Å². The van der Waals surface area contributed by atoms with Gasteiger partial charge >= 0.3 is 0 Å². The van der Waals surface area contributed by atoms with Gasteiger partial charge in [-0.1, -0.05) is 18.2 Å². The molecule has 0 fully saturated rings. The molecule has 1 aromatic rings. The van der Waals surface area contributed by atoms with Gasteiger partial charge in [-0.25, -0.2) is 5.48 Å². The van der Waals surface area contributed by atoms with Crippen LogP contribution < -0.4 is 15.5 Å². The molecule has 0 aromatic heterocycles. The van der Waals surface area contributed by atoms with Crippen molar-refractivity contribution in [1.29, 1.82) is 0 Å². The van der Waals surface area contributed by atoms with Crippen molar-refractivity contribution in [2.24, 2.45) is 0 Å². The van der Waals surface area contributed by atoms with Crippen LogP contribution >= 0.6 is 0 Å². The molecule has 1 atom stereocenters. The van der Waals surface area contributed by atoms with Gasteiger partial charge in [-0.05, 0) is 19.1 Å². The first-order valence-corrected chi connectivity index (χ1v) is 5.04. The Morgan fingerprint density at radius 2 is 2.00 bits per heavy atom. The lowest BCUT2D eigenvalue weighted by atomic mass is 10.3. The molecule has 0 heterocycles. The van der Waals surface area contributed by atoms with Gasteiger partial charge in [0.2, 0.25) is 0 Å². The third kappa shape index (κ3) is 4.52. The van der Waals surface area contributed by atoms with Crippen molar-refractivity contribution in [2.75, 3.05) is 6.61 Å². The van der Waals surface area contributed by atoms with E-state index in [2.05, 4.69) is 5.32 Å². The van der Waals surface area contributed by atoms with Crippen molar-refractivity contribution in [3.05, 3.63) is 30.3 Å². The van der Waals surface area contributed by atoms with Crippen molar-refractivity contribution in [1.82, 2.24) is 10.8 Å². The van der Waals surface area contributed by atoms with E-state index in [4.69, 9.17) is 9.94 Å². The predicted molar refractivity (Wildman–Crippen MR) is 59.5 cm³/mol. The molecule has 6 nitrogen and oxygen atoms in total. The van der Waals surface area contributed by atoms with E-state index in [1.165, 1.54) is 12.4 Å². The summed E-state index contributed by atoms with van der Waals surface area (Å²) in [5.41, 5.74) is 1.45. The number of ether oxygens (including phenoxy) is 1. The average Bonchev–Trinajstić information content (AvgIpc) is 2.36. The summed E-state index contributed by atoms with van der Waals surface area (Å²) in [6.45, 7) is 1.26. The molecule has 0 spiro atoms. The van der Waals surface area contributed by atoms with Crippen LogP contribution in [0.5, 0.6) is 5.75 Å². The van der Waals surface area contributed by atoms with Crippen molar-refractivity contribution < 1.29 is 19.5 Å². The number of para-hydroxylation sites is 1. The number of hydrogen-bond acceptors (Lipinski definition) is 4. The normalized spacial score (nSPS) is 11.4. The van der Waals surface area contributed by atoms with E-state index in [0.29, 0.717) is 5.75 Å². The van der Waals surface area contributed by atoms with E-state index in [0.717, 1.165) is 0 Å². The van der Waals surface area contributed by atoms with Crippen molar-refractivity contribution in [2.45, 2.75) is 13.0 Å². The highest BCUT2D eigenvalue weighted by molar-refractivity contribution is 5.87. The summed E-state index contributed by atoms with van der Waals surface area (Å²) in [7, 11) is 0. The molecule has 2 amide bonds. The third-order valence-electron chi connectivity index (χ3n) is 1.99. The number of nitrogens with one attached hydrogen (secondary N) is 2. The van der Waals surface area contributed by atoms with Gasteiger partial charge in [-0.2, -0.15) is 0 Å². The summed E-state index contributed by atoms with van der Waals surface area (Å²) >= 11 is 0. The van der Waals surface area contributed by atoms with Gasteiger partial charge in [0.05, 0.1) is 0 Å². The van der Waals surface area contributed by atoms with Crippen LogP contribution in [0.3, 0.4) is 0 Å². The number of carbonyl (C=O) groups excluding carboxylic acids is 2. The Balaban J connectivity index is 2.33. The minimum atomic E-state index is -0.813. The first-order valence-electron chi connectivity index (χ1n) is 5.04. The number of hydrogen-bond donors (Lipinski definition) is 3. The summed E-state index contributed by atoms with van der Waals surface area (Å²) in [5, 5.41) is 10.7. The summed E-state index contributed by atoms with van der Waals surface area (Å²) < 4.78 is 5.18. The van der Waals surface area contributed by atoms with Gasteiger partial charge in [0.1, 0.15) is 11.8 Å². The second kappa shape index (κ2) is 6.49. The Kier molecular flexibility index (Phi) is 4.96. The Morgan fingerprint density at radius 1 is 1.35 bits per heavy atom. The smallest absolute Gasteiger partial charge is 0.265 e. The SMILES string of the molecule is C[C@H](NC(=O)COc1ccccc1)C(=O)NO. The van der Waals surface area contributed by atoms with E-state index in [9.17, 15) is 9.59 Å². The van der Waals surface area contributed by atoms with Crippen LogP contribution in [0.15, 0.2) is 30.3 Å². The lowest BCUT2D eigenvalue weighted by molar-refractivity contribution is -0.134. The molecule has 3 N–H and O–H groups in total. The van der Waals surface area contributed by atoms with Crippen molar-refractivity contribution >= 4 is 11.8 Å². The average molecular weight is 238 g/mol. The Morgan fingerprint density at radius 3 is 2.59 bits per heavy atom. The molecule has 0 saturated heterocycles. The molecule has 0 aliphatic rings. The summed E-state index contributed by atoms with van der Waals surface area (Å²) in [6.07, 6.45) is 0. The molecular formula is C11H14N2O4. The van der Waals surface area contributed by atoms with Crippen LogP contribution in [0.25, 0.3) is 0 Å². The summed E-state index contributed by atoms with van der Waals surface area (Å²) in [4.78, 5) is 22.3. The molecular weight excluding hydrogens is 224 g/mol. The number of amides is 2. The molecule has 17 heavy (non-hydrogen) atoms. The molecule has 92 valence electrons. The maximum absolute atomic E-state index is 11.3. The second-order valence-corrected chi connectivity index (χ2v) is 3.37. The zero-order valence-corrected chi connectivity index (χ0v) is 9.34. The third-order valence-corrected chi connectivity index (χ3v) is 1.99. The zero-order chi connectivity index (χ0) is 12.7. The monoisotopic (exact) mass is 238 g/mol. The quantitative estimate of drug-likeness (QED) is 0.500. The van der Waals surface area contributed by atoms with E-state index in [1.807, 2.05) is 6.07 Å². The van der Waals surface area contributed by atoms with Crippen molar-refractivity contribution in [3.8, 4) is 5.75 Å². The van der Waals surface area contributed by atoms with Gasteiger partial charge in [-0.3, -0.25) is 14.8 Å². The molecule has 0 aliphatic carbocycles. The first kappa shape index (κ1) is 13.0. The molecule has 1 aromatic carbocycles.